The van der Waals surface area contributed by atoms with Crippen LogP contribution in [0.15, 0.2) is 126 Å². The van der Waals surface area contributed by atoms with Gasteiger partial charge in [-0.05, 0) is 62.8 Å². The molecule has 1 aliphatic heterocycles. The number of phenolic OH excluding ortho intramolecular Hbond substituents is 1. The molecule has 0 fully saturated rings. The van der Waals surface area contributed by atoms with Gasteiger partial charge in [-0.3, -0.25) is 0 Å². The minimum Gasteiger partial charge on any atom is -0.507 e. The summed E-state index contributed by atoms with van der Waals surface area (Å²) >= 11 is 0. The van der Waals surface area contributed by atoms with Gasteiger partial charge < -0.3 is 14.3 Å². The van der Waals surface area contributed by atoms with Gasteiger partial charge in [0, 0.05) is 5.39 Å². The van der Waals surface area contributed by atoms with Crippen molar-refractivity contribution < 1.29 is 14.3 Å². The number of ether oxygens (including phenoxy) is 1. The van der Waals surface area contributed by atoms with Crippen LogP contribution in [0.25, 0.3) is 16.8 Å². The first-order chi connectivity index (χ1) is 20.7. The molecular formula is C39H44O3Si. The van der Waals surface area contributed by atoms with Gasteiger partial charge in [-0.25, -0.2) is 0 Å². The molecule has 4 aromatic rings. The molecular weight excluding hydrogens is 545 g/mol. The summed E-state index contributed by atoms with van der Waals surface area (Å²) in [5.74, 6) is 0.318. The molecule has 3 nitrogen and oxygen atoms in total. The number of hydrogen-bond acceptors (Lipinski definition) is 3. The van der Waals surface area contributed by atoms with Crippen molar-refractivity contribution in [1.82, 2.24) is 0 Å². The SMILES string of the molecule is C=C(CO[Si](c1ccccc1)(c1ccccc1)C(C)(C)C)C1=CCOC1CC/C(=C/c1ccc(O)c2ccccc12)CC. The number of fused-ring (bicyclic) bond motifs is 1. The van der Waals surface area contributed by atoms with E-state index < -0.39 is 8.32 Å². The minimum atomic E-state index is -2.65. The van der Waals surface area contributed by atoms with Crippen molar-refractivity contribution in [2.45, 2.75) is 58.1 Å². The third kappa shape index (κ3) is 6.47. The zero-order chi connectivity index (χ0) is 30.5. The summed E-state index contributed by atoms with van der Waals surface area (Å²) in [5, 5.41) is 14.7. The van der Waals surface area contributed by atoms with Gasteiger partial charge in [0.2, 0.25) is 0 Å². The summed E-state index contributed by atoms with van der Waals surface area (Å²) in [6, 6.07) is 33.4. The van der Waals surface area contributed by atoms with E-state index in [9.17, 15) is 5.11 Å². The summed E-state index contributed by atoms with van der Waals surface area (Å²) in [6.07, 6.45) is 7.24. The molecule has 0 amide bonds. The molecule has 1 heterocycles. The van der Waals surface area contributed by atoms with E-state index in [1.165, 1.54) is 21.5 Å². The van der Waals surface area contributed by atoms with Crippen LogP contribution in [0.2, 0.25) is 5.04 Å². The number of aromatic hydroxyl groups is 1. The third-order valence-corrected chi connectivity index (χ3v) is 13.7. The predicted molar refractivity (Wildman–Crippen MR) is 184 cm³/mol. The van der Waals surface area contributed by atoms with E-state index in [2.05, 4.69) is 113 Å². The van der Waals surface area contributed by atoms with E-state index in [1.54, 1.807) is 6.07 Å². The molecule has 222 valence electrons. The number of phenols is 1. The third-order valence-electron chi connectivity index (χ3n) is 8.71. The lowest BCUT2D eigenvalue weighted by Crippen LogP contribution is -2.66. The maximum Gasteiger partial charge on any atom is 0.261 e. The van der Waals surface area contributed by atoms with Crippen LogP contribution in [0, 0.1) is 0 Å². The fourth-order valence-corrected chi connectivity index (χ4v) is 11.0. The number of rotatable bonds is 11. The van der Waals surface area contributed by atoms with E-state index in [-0.39, 0.29) is 11.1 Å². The van der Waals surface area contributed by atoms with Gasteiger partial charge in [0.15, 0.2) is 0 Å². The molecule has 0 saturated carbocycles. The Morgan fingerprint density at radius 3 is 2.12 bits per heavy atom. The zero-order valence-corrected chi connectivity index (χ0v) is 27.0. The minimum absolute atomic E-state index is 0.00164. The van der Waals surface area contributed by atoms with Gasteiger partial charge in [0.25, 0.3) is 8.32 Å². The van der Waals surface area contributed by atoms with Crippen molar-refractivity contribution in [3.63, 3.8) is 0 Å². The largest absolute Gasteiger partial charge is 0.507 e. The lowest BCUT2D eigenvalue weighted by molar-refractivity contribution is 0.115. The van der Waals surface area contributed by atoms with Gasteiger partial charge >= 0.3 is 0 Å². The lowest BCUT2D eigenvalue weighted by atomic mass is 9.95. The molecule has 4 heteroatoms. The number of allylic oxidation sites excluding steroid dienone is 1. The summed E-state index contributed by atoms with van der Waals surface area (Å²) in [6.45, 7) is 14.7. The van der Waals surface area contributed by atoms with Crippen LogP contribution in [0.5, 0.6) is 5.75 Å². The van der Waals surface area contributed by atoms with E-state index in [1.807, 2.05) is 24.3 Å². The van der Waals surface area contributed by atoms with Crippen molar-refractivity contribution in [2.24, 2.45) is 0 Å². The van der Waals surface area contributed by atoms with Crippen LogP contribution >= 0.6 is 0 Å². The molecule has 0 saturated heterocycles. The topological polar surface area (TPSA) is 38.7 Å². The number of hydrogen-bond donors (Lipinski definition) is 1. The average molecular weight is 589 g/mol. The summed E-state index contributed by atoms with van der Waals surface area (Å²) < 4.78 is 13.4. The molecule has 0 spiro atoms. The van der Waals surface area contributed by atoms with Crippen LogP contribution in [0.1, 0.15) is 52.5 Å². The van der Waals surface area contributed by atoms with Crippen LogP contribution < -0.4 is 10.4 Å². The second-order valence-electron chi connectivity index (χ2n) is 12.5. The standard InChI is InChI=1S/C39H44O3Si/c1-6-30(27-31-22-23-37(40)36-20-14-13-19-35(31)36)21-24-38-34(25-26-41-38)29(2)28-42-43(39(3,4)5,32-15-9-7-10-16-32)33-17-11-8-12-18-33/h7-20,22-23,25,27,38,40H,2,6,21,24,26,28H2,1,3-5H3/b30-27+. The first kappa shape index (κ1) is 30.7. The van der Waals surface area contributed by atoms with E-state index in [4.69, 9.17) is 9.16 Å². The Morgan fingerprint density at radius 1 is 0.907 bits per heavy atom. The molecule has 1 aliphatic rings. The van der Waals surface area contributed by atoms with Crippen molar-refractivity contribution in [3.05, 3.63) is 132 Å². The van der Waals surface area contributed by atoms with Gasteiger partial charge in [-0.15, -0.1) is 0 Å². The summed E-state index contributed by atoms with van der Waals surface area (Å²) in [4.78, 5) is 0. The Balaban J connectivity index is 1.33. The van der Waals surface area contributed by atoms with Crippen LogP contribution in [-0.2, 0) is 9.16 Å². The monoisotopic (exact) mass is 588 g/mol. The normalized spacial score (nSPS) is 16.0. The maximum absolute atomic E-state index is 10.3. The Morgan fingerprint density at radius 2 is 1.51 bits per heavy atom. The fourth-order valence-electron chi connectivity index (χ4n) is 6.45. The number of benzene rings is 4. The molecule has 0 aliphatic carbocycles. The van der Waals surface area contributed by atoms with Gasteiger partial charge in [0.1, 0.15) is 5.75 Å². The molecule has 1 N–H and O–H groups in total. The first-order valence-electron chi connectivity index (χ1n) is 15.4. The van der Waals surface area contributed by atoms with E-state index in [0.717, 1.165) is 41.2 Å². The highest BCUT2D eigenvalue weighted by Crippen LogP contribution is 2.38. The average Bonchev–Trinajstić information content (AvgIpc) is 3.50. The quantitative estimate of drug-likeness (QED) is 0.178. The molecule has 4 aromatic carbocycles. The van der Waals surface area contributed by atoms with Crippen molar-refractivity contribution in [1.29, 1.82) is 0 Å². The van der Waals surface area contributed by atoms with Crippen LogP contribution in [-0.4, -0.2) is 32.7 Å². The molecule has 0 bridgehead atoms. The molecule has 43 heavy (non-hydrogen) atoms. The van der Waals surface area contributed by atoms with Crippen LogP contribution in [0.3, 0.4) is 0 Å². The van der Waals surface area contributed by atoms with Crippen LogP contribution in [0.4, 0.5) is 0 Å². The Hall–Kier alpha value is -3.70. The van der Waals surface area contributed by atoms with E-state index >= 15 is 0 Å². The highest BCUT2D eigenvalue weighted by atomic mass is 28.4. The highest BCUT2D eigenvalue weighted by Gasteiger charge is 2.50. The second kappa shape index (κ2) is 13.3. The maximum atomic E-state index is 10.3. The lowest BCUT2D eigenvalue weighted by Gasteiger charge is -2.43. The Bertz CT molecular complexity index is 1570. The van der Waals surface area contributed by atoms with Crippen molar-refractivity contribution in [3.8, 4) is 5.75 Å². The first-order valence-corrected chi connectivity index (χ1v) is 17.3. The molecule has 0 radical (unpaired) electrons. The van der Waals surface area contributed by atoms with Gasteiger partial charge in [-0.1, -0.05) is 143 Å². The molecule has 1 atom stereocenters. The second-order valence-corrected chi connectivity index (χ2v) is 16.8. The predicted octanol–water partition coefficient (Wildman–Crippen LogP) is 8.58. The highest BCUT2D eigenvalue weighted by molar-refractivity contribution is 6.99. The summed E-state index contributed by atoms with van der Waals surface area (Å²) in [7, 11) is -2.65. The molecule has 5 rings (SSSR count). The van der Waals surface area contributed by atoms with Gasteiger partial charge in [0.05, 0.1) is 19.3 Å². The smallest absolute Gasteiger partial charge is 0.261 e. The van der Waals surface area contributed by atoms with Gasteiger partial charge in [-0.2, -0.15) is 0 Å². The van der Waals surface area contributed by atoms with Crippen molar-refractivity contribution in [2.75, 3.05) is 13.2 Å². The zero-order valence-electron chi connectivity index (χ0n) is 26.0. The van der Waals surface area contributed by atoms with E-state index in [0.29, 0.717) is 19.0 Å². The Labute approximate surface area is 258 Å². The molecule has 0 aromatic heterocycles. The molecule has 1 unspecified atom stereocenters. The fraction of sp³-hybridized carbons (Fsp3) is 0.282. The Kier molecular flexibility index (Phi) is 9.51. The van der Waals surface area contributed by atoms with Crippen molar-refractivity contribution >= 4 is 35.5 Å². The summed E-state index contributed by atoms with van der Waals surface area (Å²) in [5.41, 5.74) is 4.67.